The zero-order valence-electron chi connectivity index (χ0n) is 10.8. The molecule has 18 heavy (non-hydrogen) atoms. The summed E-state index contributed by atoms with van der Waals surface area (Å²) >= 11 is 0. The van der Waals surface area contributed by atoms with Crippen molar-refractivity contribution in [2.45, 2.75) is 26.8 Å². The highest BCUT2D eigenvalue weighted by Crippen LogP contribution is 2.21. The van der Waals surface area contributed by atoms with E-state index < -0.39 is 0 Å². The van der Waals surface area contributed by atoms with Crippen molar-refractivity contribution in [3.8, 4) is 0 Å². The summed E-state index contributed by atoms with van der Waals surface area (Å²) in [6.45, 7) is 5.07. The predicted octanol–water partition coefficient (Wildman–Crippen LogP) is 1.14. The summed E-state index contributed by atoms with van der Waals surface area (Å²) in [5.74, 6) is -0.700. The number of hydrogen-bond acceptors (Lipinski definition) is 2. The molecule has 1 aromatic rings. The lowest BCUT2D eigenvalue weighted by Gasteiger charge is -2.18. The van der Waals surface area contributed by atoms with E-state index in [1.54, 1.807) is 4.90 Å². The second kappa shape index (κ2) is 4.80. The third-order valence-corrected chi connectivity index (χ3v) is 3.48. The van der Waals surface area contributed by atoms with Crippen molar-refractivity contribution in [2.24, 2.45) is 11.7 Å². The first kappa shape index (κ1) is 12.6. The number of nitrogens with two attached hydrogens (primary N) is 1. The van der Waals surface area contributed by atoms with E-state index in [-0.39, 0.29) is 24.2 Å². The molecule has 1 unspecified atom stereocenters. The summed E-state index contributed by atoms with van der Waals surface area (Å²) in [7, 11) is 0. The lowest BCUT2D eigenvalue weighted by Crippen LogP contribution is -2.28. The van der Waals surface area contributed by atoms with Crippen molar-refractivity contribution >= 4 is 11.8 Å². The summed E-state index contributed by atoms with van der Waals surface area (Å²) in [6, 6.07) is 6.19. The number of amides is 2. The third-order valence-electron chi connectivity index (χ3n) is 3.48. The van der Waals surface area contributed by atoms with Gasteiger partial charge in [-0.25, -0.2) is 0 Å². The summed E-state index contributed by atoms with van der Waals surface area (Å²) in [6.07, 6.45) is 0.250. The maximum atomic E-state index is 11.8. The second-order valence-corrected chi connectivity index (χ2v) is 5.01. The lowest BCUT2D eigenvalue weighted by molar-refractivity contribution is -0.128. The number of hydrogen-bond donors (Lipinski definition) is 1. The van der Waals surface area contributed by atoms with Crippen molar-refractivity contribution in [2.75, 3.05) is 6.54 Å². The summed E-state index contributed by atoms with van der Waals surface area (Å²) in [5.41, 5.74) is 8.72. The highest BCUT2D eigenvalue weighted by atomic mass is 16.2. The fourth-order valence-corrected chi connectivity index (χ4v) is 2.29. The minimum atomic E-state index is -0.383. The number of carbonyl (C=O) groups is 2. The molecule has 1 saturated heterocycles. The number of carbonyl (C=O) groups excluding carboxylic acids is 2. The van der Waals surface area contributed by atoms with Crippen LogP contribution in [0.15, 0.2) is 18.2 Å². The van der Waals surface area contributed by atoms with Gasteiger partial charge in [0.1, 0.15) is 0 Å². The quantitative estimate of drug-likeness (QED) is 0.869. The number of primary amides is 1. The zero-order chi connectivity index (χ0) is 13.3. The number of aryl methyl sites for hydroxylation is 2. The molecule has 2 amide bonds. The van der Waals surface area contributed by atoms with Crippen molar-refractivity contribution in [3.63, 3.8) is 0 Å². The van der Waals surface area contributed by atoms with Crippen LogP contribution in [0.2, 0.25) is 0 Å². The molecule has 0 bridgehead atoms. The average molecular weight is 246 g/mol. The van der Waals surface area contributed by atoms with E-state index in [1.807, 2.05) is 13.8 Å². The molecule has 1 aliphatic rings. The molecule has 1 heterocycles. The van der Waals surface area contributed by atoms with Crippen molar-refractivity contribution in [3.05, 3.63) is 34.9 Å². The van der Waals surface area contributed by atoms with Gasteiger partial charge >= 0.3 is 0 Å². The van der Waals surface area contributed by atoms with Crippen LogP contribution in [0.1, 0.15) is 23.1 Å². The Kier molecular flexibility index (Phi) is 3.36. The highest BCUT2D eigenvalue weighted by Gasteiger charge is 2.32. The van der Waals surface area contributed by atoms with Gasteiger partial charge in [0, 0.05) is 19.5 Å². The van der Waals surface area contributed by atoms with Crippen molar-refractivity contribution in [1.29, 1.82) is 0 Å². The molecular weight excluding hydrogens is 228 g/mol. The Bertz CT molecular complexity index is 497. The molecule has 96 valence electrons. The smallest absolute Gasteiger partial charge is 0.223 e. The minimum absolute atomic E-state index is 0.0136. The van der Waals surface area contributed by atoms with Gasteiger partial charge in [-0.3, -0.25) is 9.59 Å². The van der Waals surface area contributed by atoms with E-state index in [0.717, 1.165) is 11.1 Å². The molecule has 0 spiro atoms. The van der Waals surface area contributed by atoms with Crippen LogP contribution >= 0.6 is 0 Å². The van der Waals surface area contributed by atoms with Crippen molar-refractivity contribution in [1.82, 2.24) is 4.90 Å². The van der Waals surface area contributed by atoms with Crippen LogP contribution in [0.5, 0.6) is 0 Å². The van der Waals surface area contributed by atoms with Gasteiger partial charge < -0.3 is 10.6 Å². The molecule has 1 aliphatic heterocycles. The van der Waals surface area contributed by atoms with E-state index in [4.69, 9.17) is 5.73 Å². The SMILES string of the molecule is Cc1ccc(C)c(CN2CC(C(N)=O)CC2=O)c1. The van der Waals surface area contributed by atoms with E-state index in [9.17, 15) is 9.59 Å². The molecular formula is C14H18N2O2. The minimum Gasteiger partial charge on any atom is -0.369 e. The Labute approximate surface area is 107 Å². The molecule has 0 radical (unpaired) electrons. The molecule has 4 heteroatoms. The van der Waals surface area contributed by atoms with Crippen LogP contribution < -0.4 is 5.73 Å². The Morgan fingerprint density at radius 2 is 2.17 bits per heavy atom. The molecule has 1 fully saturated rings. The molecule has 0 saturated carbocycles. The number of rotatable bonds is 3. The molecule has 2 N–H and O–H groups in total. The zero-order valence-corrected chi connectivity index (χ0v) is 10.8. The molecule has 4 nitrogen and oxygen atoms in total. The topological polar surface area (TPSA) is 63.4 Å². The third kappa shape index (κ3) is 2.53. The van der Waals surface area contributed by atoms with Gasteiger partial charge in [-0.1, -0.05) is 23.8 Å². The van der Waals surface area contributed by atoms with Crippen LogP contribution in [0.4, 0.5) is 0 Å². The van der Waals surface area contributed by atoms with Gasteiger partial charge in [0.25, 0.3) is 0 Å². The van der Waals surface area contributed by atoms with Gasteiger partial charge in [-0.2, -0.15) is 0 Å². The van der Waals surface area contributed by atoms with Crippen molar-refractivity contribution < 1.29 is 9.59 Å². The fourth-order valence-electron chi connectivity index (χ4n) is 2.29. The van der Waals surface area contributed by atoms with Crippen LogP contribution in [0, 0.1) is 19.8 Å². The maximum Gasteiger partial charge on any atom is 0.223 e. The molecule has 2 rings (SSSR count). The Hall–Kier alpha value is -1.84. The van der Waals surface area contributed by atoms with Crippen LogP contribution in [0.25, 0.3) is 0 Å². The van der Waals surface area contributed by atoms with Gasteiger partial charge in [-0.15, -0.1) is 0 Å². The molecule has 0 aromatic heterocycles. The van der Waals surface area contributed by atoms with Gasteiger partial charge in [0.15, 0.2) is 0 Å². The summed E-state index contributed by atoms with van der Waals surface area (Å²) in [5, 5.41) is 0. The standard InChI is InChI=1S/C14H18N2O2/c1-9-3-4-10(2)11(5-9)7-16-8-12(14(15)18)6-13(16)17/h3-5,12H,6-8H2,1-2H3,(H2,15,18). The highest BCUT2D eigenvalue weighted by molar-refractivity contribution is 5.88. The summed E-state index contributed by atoms with van der Waals surface area (Å²) in [4.78, 5) is 24.6. The maximum absolute atomic E-state index is 11.8. The van der Waals surface area contributed by atoms with E-state index in [1.165, 1.54) is 5.56 Å². The summed E-state index contributed by atoms with van der Waals surface area (Å²) < 4.78 is 0. The molecule has 1 atom stereocenters. The second-order valence-electron chi connectivity index (χ2n) is 5.01. The lowest BCUT2D eigenvalue weighted by atomic mass is 10.1. The van der Waals surface area contributed by atoms with Crippen LogP contribution in [-0.4, -0.2) is 23.3 Å². The first-order chi connectivity index (χ1) is 8.47. The number of nitrogens with zero attached hydrogens (tertiary/aromatic N) is 1. The monoisotopic (exact) mass is 246 g/mol. The first-order valence-electron chi connectivity index (χ1n) is 6.10. The predicted molar refractivity (Wildman–Crippen MR) is 68.6 cm³/mol. The molecule has 1 aromatic carbocycles. The van der Waals surface area contributed by atoms with Gasteiger partial charge in [0.2, 0.25) is 11.8 Å². The number of benzene rings is 1. The average Bonchev–Trinajstić information content (AvgIpc) is 2.66. The van der Waals surface area contributed by atoms with Gasteiger partial charge in [-0.05, 0) is 25.0 Å². The fraction of sp³-hybridized carbons (Fsp3) is 0.429. The Morgan fingerprint density at radius 1 is 1.44 bits per heavy atom. The Morgan fingerprint density at radius 3 is 2.78 bits per heavy atom. The largest absolute Gasteiger partial charge is 0.369 e. The molecule has 0 aliphatic carbocycles. The Balaban J connectivity index is 2.12. The van der Waals surface area contributed by atoms with E-state index in [0.29, 0.717) is 13.1 Å². The first-order valence-corrected chi connectivity index (χ1v) is 6.10. The van der Waals surface area contributed by atoms with E-state index in [2.05, 4.69) is 18.2 Å². The number of likely N-dealkylation sites (tertiary alicyclic amines) is 1. The van der Waals surface area contributed by atoms with Gasteiger partial charge in [0.05, 0.1) is 5.92 Å². The van der Waals surface area contributed by atoms with Crippen LogP contribution in [-0.2, 0) is 16.1 Å². The van der Waals surface area contributed by atoms with Crippen LogP contribution in [0.3, 0.4) is 0 Å². The normalized spacial score (nSPS) is 19.3. The van der Waals surface area contributed by atoms with E-state index >= 15 is 0 Å².